The van der Waals surface area contributed by atoms with E-state index >= 15 is 0 Å². The van der Waals surface area contributed by atoms with Gasteiger partial charge in [-0.05, 0) is 281 Å². The van der Waals surface area contributed by atoms with E-state index in [2.05, 4.69) is 325 Å². The van der Waals surface area contributed by atoms with Crippen molar-refractivity contribution in [3.8, 4) is 0 Å². The number of imidazole rings is 4. The van der Waals surface area contributed by atoms with E-state index in [4.69, 9.17) is 77.7 Å². The Morgan fingerprint density at radius 2 is 0.699 bits per heavy atom. The minimum Gasteiger partial charge on any atom is -0.417 e. The first-order chi connectivity index (χ1) is 63.6. The van der Waals surface area contributed by atoms with Gasteiger partial charge < -0.3 is 63.5 Å². The molecule has 0 saturated carbocycles. The van der Waals surface area contributed by atoms with Crippen LogP contribution in [0.3, 0.4) is 0 Å². The minimum atomic E-state index is -1.65. The van der Waals surface area contributed by atoms with Crippen LogP contribution in [0.5, 0.6) is 0 Å². The first kappa shape index (κ1) is 115. The first-order valence-electron chi connectivity index (χ1n) is 49.0. The molecule has 20 nitrogen and oxygen atoms in total. The van der Waals surface area contributed by atoms with Gasteiger partial charge in [-0.1, -0.05) is 206 Å². The number of hydrogen-bond acceptors (Lipinski definition) is 16. The summed E-state index contributed by atoms with van der Waals surface area (Å²) in [4.78, 5) is 38.2. The Morgan fingerprint density at radius 3 is 0.978 bits per heavy atom. The van der Waals surface area contributed by atoms with E-state index in [1.54, 1.807) is 0 Å². The van der Waals surface area contributed by atoms with Crippen molar-refractivity contribution in [3.05, 3.63) is 265 Å². The summed E-state index contributed by atoms with van der Waals surface area (Å²) in [6.07, 6.45) is 24.7. The second-order valence-electron chi connectivity index (χ2n) is 39.8. The number of rotatable bonds is 29. The van der Waals surface area contributed by atoms with Gasteiger partial charge in [0.05, 0.1) is 37.4 Å². The monoisotopic (exact) mass is 2040 g/mol. The molecule has 0 radical (unpaired) electrons. The average molecular weight is 2040 g/mol. The maximum absolute atomic E-state index is 8.89. The van der Waals surface area contributed by atoms with Gasteiger partial charge in [0.2, 0.25) is 0 Å². The van der Waals surface area contributed by atoms with Crippen LogP contribution in [0.4, 0.5) is 0 Å². The molecule has 136 heavy (non-hydrogen) atoms. The van der Waals surface area contributed by atoms with E-state index in [1.807, 2.05) is 45.8 Å². The van der Waals surface area contributed by atoms with Gasteiger partial charge in [0.1, 0.15) is 45.4 Å². The molecule has 25 heteroatoms. The van der Waals surface area contributed by atoms with Crippen molar-refractivity contribution in [2.24, 2.45) is 0 Å². The van der Waals surface area contributed by atoms with Gasteiger partial charge in [-0.3, -0.25) is 0 Å². The molecule has 3 aliphatic heterocycles. The maximum Gasteiger partial charge on any atom is 0.486 e. The van der Waals surface area contributed by atoms with E-state index in [0.717, 1.165) is 224 Å². The number of hydrogen-bond donors (Lipinski definition) is 2. The van der Waals surface area contributed by atoms with E-state index in [9.17, 15) is 0 Å². The van der Waals surface area contributed by atoms with Crippen LogP contribution in [-0.4, -0.2) is 156 Å². The van der Waals surface area contributed by atoms with Crippen LogP contribution in [0.2, 0.25) is 36.3 Å². The number of benzene rings is 4. The van der Waals surface area contributed by atoms with Crippen LogP contribution in [0, 0.1) is 62.8 Å². The average Bonchev–Trinajstić information content (AvgIpc) is 1.62. The molecule has 15 rings (SSSR count). The smallest absolute Gasteiger partial charge is 0.417 e. The quantitative estimate of drug-likeness (QED) is 0.0253. The number of halogens is 1. The number of aryl methyl sites for hydroxylation is 13. The van der Waals surface area contributed by atoms with Crippen LogP contribution in [0.25, 0.3) is 56.8 Å². The van der Waals surface area contributed by atoms with Gasteiger partial charge in [0, 0.05) is 126 Å². The summed E-state index contributed by atoms with van der Waals surface area (Å²) in [5.41, 5.74) is 25.1. The van der Waals surface area contributed by atoms with Gasteiger partial charge in [-0.25, -0.2) is 39.9 Å². The van der Waals surface area contributed by atoms with Gasteiger partial charge in [0.15, 0.2) is 39.2 Å². The van der Waals surface area contributed by atoms with Crippen molar-refractivity contribution in [2.45, 2.75) is 316 Å². The largest absolute Gasteiger partial charge is 0.486 e. The number of fused-ring (bicyclic) bond motifs is 4. The van der Waals surface area contributed by atoms with Crippen LogP contribution in [-0.2, 0) is 106 Å². The summed E-state index contributed by atoms with van der Waals surface area (Å²) in [6.45, 7) is 65.5. The molecule has 12 aromatic rings. The molecule has 0 unspecified atom stereocenters. The number of pyridine rings is 4. The Bertz CT molecular complexity index is 5740. The topological polar surface area (TPSA) is 219 Å². The summed E-state index contributed by atoms with van der Waals surface area (Å²) in [5, 5.41) is 18.3. The molecule has 3 saturated heterocycles. The number of aromatic nitrogens is 12. The maximum atomic E-state index is 8.89. The Kier molecular flexibility index (Phi) is 45.7. The molecule has 2 N–H and O–H groups in total. The van der Waals surface area contributed by atoms with Crippen molar-refractivity contribution in [3.63, 3.8) is 0 Å². The zero-order chi connectivity index (χ0) is 97.7. The summed E-state index contributed by atoms with van der Waals surface area (Å²) < 4.78 is 44.2. The van der Waals surface area contributed by atoms with Crippen molar-refractivity contribution in [1.82, 2.24) is 58.1 Å². The molecule has 0 amide bonds. The Balaban J connectivity index is 0.000000226. The zero-order valence-electron chi connectivity index (χ0n) is 87.4. The molecule has 0 aliphatic carbocycles. The zero-order valence-corrected chi connectivity index (χ0v) is 92.5. The minimum absolute atomic E-state index is 0. The molecule has 0 bridgehead atoms. The molecule has 11 heterocycles. The fourth-order valence-electron chi connectivity index (χ4n) is 15.5. The fraction of sp³-hybridized carbons (Fsp3) is 0.505. The first-order valence-corrected chi connectivity index (χ1v) is 55.6. The third kappa shape index (κ3) is 33.3. The molecule has 8 aromatic heterocycles. The predicted molar refractivity (Wildman–Crippen MR) is 572 cm³/mol. The summed E-state index contributed by atoms with van der Waals surface area (Å²) in [5.74, 6) is 6.35. The number of unbranched alkanes of at least 4 members (excludes halogenated alkanes) is 1. The van der Waals surface area contributed by atoms with Gasteiger partial charge in [-0.15, -0.1) is 0 Å². The second-order valence-corrected chi connectivity index (χ2v) is 50.3. The van der Waals surface area contributed by atoms with E-state index in [0.29, 0.717) is 6.42 Å². The number of aliphatic hydroxyl groups excluding tert-OH is 2. The van der Waals surface area contributed by atoms with E-state index in [1.165, 1.54) is 81.3 Å². The van der Waals surface area contributed by atoms with Gasteiger partial charge in [-0.2, -0.15) is 0 Å². The standard InChI is InChI=1S/C27H39N3OSi.C21H27N3O.C21H25N3O.C17H18BrN3.C16H33BO3Si.2C4H8O.CH3.Pd/c1-9-24-29-25-20(2)18-21(3)28-26(25)30(24)19-23-15-13-22(14-16-23)12-10-11-17-31-32(7,8)27(4,5)6;2*1-4-19-23-20-15(2)13-16(3)22-21(20)24(19)14-18-10-8-17(9-11-18)7-5-6-12-25;1-4-15-20-16-11(2)9-12(3)19-17(16)21(15)10-13-5-7-14(18)8-6-13;1-14(2,3)21(8,9)18-13-11-10-12-17-19-15(4,5)16(6,7)20-17;2*1-2-4-5-3-1;;/h10,12-16,18H,9,11,17,19H2,1-8H3;8-11,13,25H,4-7,12,14H2,1-3H3;5,7-11,13,25H,4,6,12,14H2,1-3H3;5-9H,4,10H2,1-3H3;10,12H,11,13H2,1-9H3;2*1-4H2;1H3;/q;;;;;;;-1;/b12-10+;;7-5+;;12-10+;;;;. The molecular weight excluding hydrogens is 1880 g/mol. The molecule has 4 aromatic carbocycles. The van der Waals surface area contributed by atoms with E-state index in [-0.39, 0.29) is 69.5 Å². The summed E-state index contributed by atoms with van der Waals surface area (Å²) in [7, 11) is -3.53. The molecule has 0 spiro atoms. The third-order valence-corrected chi connectivity index (χ3v) is 35.6. The number of nitrogens with zero attached hydrogens (tertiary/aromatic N) is 12. The third-order valence-electron chi connectivity index (χ3n) is 26.0. The molecule has 742 valence electrons. The van der Waals surface area contributed by atoms with Crippen molar-refractivity contribution < 1.29 is 58.3 Å². The van der Waals surface area contributed by atoms with Crippen molar-refractivity contribution in [2.75, 3.05) is 52.9 Å². The SMILES string of the molecule is C1CCOC1.C1CCOC1.CC1(C)OB(/C=C/CCO[Si](C)(C)C(C)(C)C)OC1(C)C.CCc1nc2c(C)cc(C)nc2n1Cc1ccc(/C=C/CCO)cc1.CCc1nc2c(C)cc(C)nc2n1Cc1ccc(/C=C/CCO[Si](C)(C)C(C)(C)C)cc1.CCc1nc2c(C)cc(C)nc2n1Cc1ccc(Br)cc1.CCc1nc2c(C)cc(C)nc2n1Cc1ccc(CCCCO)cc1.[CH3-].[Pd]. The van der Waals surface area contributed by atoms with Crippen LogP contribution in [0.15, 0.2) is 150 Å². The van der Waals surface area contributed by atoms with Crippen molar-refractivity contribution >= 4 is 96.5 Å². The second kappa shape index (κ2) is 54.1. The normalized spacial score (nSPS) is 14.2. The molecule has 3 aliphatic rings. The molecule has 3 fully saturated rings. The van der Waals surface area contributed by atoms with Gasteiger partial charge in [0.25, 0.3) is 0 Å². The van der Waals surface area contributed by atoms with Gasteiger partial charge >= 0.3 is 7.12 Å². The Labute approximate surface area is 840 Å². The van der Waals surface area contributed by atoms with Crippen LogP contribution in [0.1, 0.15) is 262 Å². The number of ether oxygens (including phenoxy) is 2. The number of aliphatic hydroxyl groups is 2. The summed E-state index contributed by atoms with van der Waals surface area (Å²) in [6, 6.07) is 42.9. The van der Waals surface area contributed by atoms with Crippen molar-refractivity contribution in [1.29, 1.82) is 0 Å². The Morgan fingerprint density at radius 1 is 0.412 bits per heavy atom. The van der Waals surface area contributed by atoms with E-state index < -0.39 is 16.6 Å². The van der Waals surface area contributed by atoms with Crippen LogP contribution >= 0.6 is 15.9 Å². The molecule has 0 atom stereocenters. The predicted octanol–water partition coefficient (Wildman–Crippen LogP) is 26.2. The van der Waals surface area contributed by atoms with Crippen LogP contribution < -0.4 is 0 Å². The molecular formula is C111H161BBrN12O8PdSi2-. The Hall–Kier alpha value is -8.10. The fourth-order valence-corrected chi connectivity index (χ4v) is 17.9. The summed E-state index contributed by atoms with van der Waals surface area (Å²) >= 11 is 3.48.